The summed E-state index contributed by atoms with van der Waals surface area (Å²) in [6.45, 7) is 7.74. The van der Waals surface area contributed by atoms with Crippen LogP contribution in [-0.2, 0) is 20.8 Å². The molecular formula is C17H25F3N2O5. The quantitative estimate of drug-likeness (QED) is 0.844. The van der Waals surface area contributed by atoms with Gasteiger partial charge in [-0.25, -0.2) is 4.79 Å². The summed E-state index contributed by atoms with van der Waals surface area (Å²) < 4.78 is 48.5. The number of likely N-dealkylation sites (tertiary alicyclic amines) is 1. The Bertz CT molecular complexity index is 630. The Morgan fingerprint density at radius 3 is 2.59 bits per heavy atom. The molecule has 0 aromatic carbocycles. The van der Waals surface area contributed by atoms with Gasteiger partial charge < -0.3 is 19.1 Å². The molecule has 7 nitrogen and oxygen atoms in total. The van der Waals surface area contributed by atoms with Gasteiger partial charge in [-0.15, -0.1) is 0 Å². The summed E-state index contributed by atoms with van der Waals surface area (Å²) in [6.07, 6.45) is -1.49. The molecule has 2 aliphatic heterocycles. The Balaban J connectivity index is 0.000000321. The summed E-state index contributed by atoms with van der Waals surface area (Å²) in [5.74, 6) is -1.82. The molecule has 2 aliphatic rings. The number of rotatable bonds is 3. The van der Waals surface area contributed by atoms with Gasteiger partial charge in [0.2, 0.25) is 0 Å². The minimum Gasteiger partial charge on any atom is -0.475 e. The number of halogens is 3. The number of hydrogen-bond acceptors (Lipinski definition) is 6. The summed E-state index contributed by atoms with van der Waals surface area (Å²) in [7, 11) is 1.78. The standard InChI is InChI=1S/C15H24N2O3.C2HF3O2/c1-11-14(12(2)20-16-11)8-17-6-4-5-15(10-17)7-13(18-3)9-19-15;3-2(4,5)1(6)7/h13H,4-10H2,1-3H3;(H,6,7)/t13-,15+;/m1./s1. The van der Waals surface area contributed by atoms with E-state index in [0.717, 1.165) is 50.5 Å². The molecule has 10 heteroatoms. The first-order valence-electron chi connectivity index (χ1n) is 8.67. The van der Waals surface area contributed by atoms with Crippen molar-refractivity contribution in [3.8, 4) is 0 Å². The van der Waals surface area contributed by atoms with Gasteiger partial charge in [0, 0.05) is 32.2 Å². The molecule has 3 rings (SSSR count). The summed E-state index contributed by atoms with van der Waals surface area (Å²) in [4.78, 5) is 11.4. The number of aliphatic carboxylic acids is 1. The maximum atomic E-state index is 10.6. The number of hydrogen-bond donors (Lipinski definition) is 1. The van der Waals surface area contributed by atoms with E-state index in [9.17, 15) is 13.2 Å². The second-order valence-electron chi connectivity index (χ2n) is 6.98. The van der Waals surface area contributed by atoms with Crippen LogP contribution in [0.3, 0.4) is 0 Å². The monoisotopic (exact) mass is 394 g/mol. The normalized spacial score (nSPS) is 26.1. The average Bonchev–Trinajstić information content (AvgIpc) is 3.13. The Labute approximate surface area is 155 Å². The van der Waals surface area contributed by atoms with Gasteiger partial charge in [-0.3, -0.25) is 4.90 Å². The summed E-state index contributed by atoms with van der Waals surface area (Å²) in [5, 5.41) is 11.2. The van der Waals surface area contributed by atoms with Crippen molar-refractivity contribution in [2.75, 3.05) is 26.8 Å². The molecule has 2 atom stereocenters. The first kappa shape index (κ1) is 21.6. The minimum atomic E-state index is -5.08. The smallest absolute Gasteiger partial charge is 0.475 e. The third-order valence-electron chi connectivity index (χ3n) is 4.93. The Morgan fingerprint density at radius 2 is 2.11 bits per heavy atom. The van der Waals surface area contributed by atoms with Crippen LogP contribution in [0.5, 0.6) is 0 Å². The fourth-order valence-electron chi connectivity index (χ4n) is 3.51. The number of ether oxygens (including phenoxy) is 2. The molecule has 1 N–H and O–H groups in total. The van der Waals surface area contributed by atoms with Crippen LogP contribution in [0.4, 0.5) is 13.2 Å². The zero-order valence-electron chi connectivity index (χ0n) is 15.6. The van der Waals surface area contributed by atoms with E-state index in [1.54, 1.807) is 7.11 Å². The predicted octanol–water partition coefficient (Wildman–Crippen LogP) is 2.69. The van der Waals surface area contributed by atoms with Gasteiger partial charge in [-0.2, -0.15) is 13.2 Å². The number of carboxylic acids is 1. The molecule has 0 radical (unpaired) electrons. The van der Waals surface area contributed by atoms with Crippen LogP contribution < -0.4 is 0 Å². The summed E-state index contributed by atoms with van der Waals surface area (Å²) in [6, 6.07) is 0. The van der Waals surface area contributed by atoms with E-state index in [1.807, 2.05) is 13.8 Å². The Kier molecular flexibility index (Phi) is 6.87. The lowest BCUT2D eigenvalue weighted by molar-refractivity contribution is -0.192. The van der Waals surface area contributed by atoms with E-state index in [0.29, 0.717) is 0 Å². The van der Waals surface area contributed by atoms with Crippen LogP contribution in [0.1, 0.15) is 36.3 Å². The van der Waals surface area contributed by atoms with Crippen LogP contribution >= 0.6 is 0 Å². The van der Waals surface area contributed by atoms with Crippen LogP contribution in [0.25, 0.3) is 0 Å². The lowest BCUT2D eigenvalue weighted by Crippen LogP contribution is -2.47. The number of carbonyl (C=O) groups is 1. The summed E-state index contributed by atoms with van der Waals surface area (Å²) >= 11 is 0. The first-order valence-corrected chi connectivity index (χ1v) is 8.67. The zero-order chi connectivity index (χ0) is 20.2. The zero-order valence-corrected chi connectivity index (χ0v) is 15.6. The number of nitrogens with zero attached hydrogens (tertiary/aromatic N) is 2. The van der Waals surface area contributed by atoms with E-state index < -0.39 is 12.1 Å². The molecule has 2 saturated heterocycles. The summed E-state index contributed by atoms with van der Waals surface area (Å²) in [5.41, 5.74) is 2.23. The molecule has 0 bridgehead atoms. The van der Waals surface area contributed by atoms with Crippen LogP contribution in [-0.4, -0.2) is 65.8 Å². The highest BCUT2D eigenvalue weighted by molar-refractivity contribution is 5.73. The van der Waals surface area contributed by atoms with E-state index in [2.05, 4.69) is 10.1 Å². The van der Waals surface area contributed by atoms with Gasteiger partial charge in [0.25, 0.3) is 0 Å². The van der Waals surface area contributed by atoms with E-state index in [4.69, 9.17) is 23.9 Å². The molecule has 154 valence electrons. The van der Waals surface area contributed by atoms with Gasteiger partial charge in [-0.05, 0) is 33.2 Å². The molecule has 2 fully saturated rings. The van der Waals surface area contributed by atoms with Crippen LogP contribution in [0.2, 0.25) is 0 Å². The molecule has 3 heterocycles. The lowest BCUT2D eigenvalue weighted by atomic mass is 9.89. The third-order valence-corrected chi connectivity index (χ3v) is 4.93. The highest BCUT2D eigenvalue weighted by Crippen LogP contribution is 2.36. The molecule has 1 aromatic heterocycles. The maximum absolute atomic E-state index is 10.6. The molecular weight excluding hydrogens is 369 g/mol. The van der Waals surface area contributed by atoms with Crippen molar-refractivity contribution in [3.05, 3.63) is 17.0 Å². The van der Waals surface area contributed by atoms with Crippen molar-refractivity contribution in [2.45, 2.75) is 57.5 Å². The van der Waals surface area contributed by atoms with Gasteiger partial charge in [0.1, 0.15) is 5.76 Å². The highest BCUT2D eigenvalue weighted by Gasteiger charge is 2.43. The van der Waals surface area contributed by atoms with E-state index >= 15 is 0 Å². The molecule has 27 heavy (non-hydrogen) atoms. The Morgan fingerprint density at radius 1 is 1.44 bits per heavy atom. The topological polar surface area (TPSA) is 85.0 Å². The largest absolute Gasteiger partial charge is 0.490 e. The van der Waals surface area contributed by atoms with Crippen LogP contribution in [0, 0.1) is 13.8 Å². The van der Waals surface area contributed by atoms with Crippen molar-refractivity contribution >= 4 is 5.97 Å². The molecule has 0 saturated carbocycles. The lowest BCUT2D eigenvalue weighted by Gasteiger charge is -2.39. The van der Waals surface area contributed by atoms with E-state index in [-0.39, 0.29) is 11.7 Å². The Hall–Kier alpha value is -1.65. The first-order chi connectivity index (χ1) is 12.6. The van der Waals surface area contributed by atoms with Gasteiger partial charge in [0.05, 0.1) is 24.0 Å². The van der Waals surface area contributed by atoms with Gasteiger partial charge in [-0.1, -0.05) is 5.16 Å². The molecule has 0 aliphatic carbocycles. The minimum absolute atomic E-state index is 0.00208. The number of aryl methyl sites for hydroxylation is 2. The maximum Gasteiger partial charge on any atom is 0.490 e. The molecule has 1 aromatic rings. The highest BCUT2D eigenvalue weighted by atomic mass is 19.4. The number of methoxy groups -OCH3 is 1. The second kappa shape index (κ2) is 8.57. The van der Waals surface area contributed by atoms with Crippen molar-refractivity contribution in [1.82, 2.24) is 10.1 Å². The van der Waals surface area contributed by atoms with Crippen molar-refractivity contribution in [2.24, 2.45) is 0 Å². The number of piperidine rings is 1. The number of alkyl halides is 3. The second-order valence-corrected chi connectivity index (χ2v) is 6.98. The molecule has 0 amide bonds. The molecule has 1 spiro atoms. The van der Waals surface area contributed by atoms with Crippen molar-refractivity contribution < 1.29 is 37.1 Å². The third kappa shape index (κ3) is 5.66. The van der Waals surface area contributed by atoms with Crippen molar-refractivity contribution in [3.63, 3.8) is 0 Å². The fraction of sp³-hybridized carbons (Fsp3) is 0.765. The van der Waals surface area contributed by atoms with Crippen molar-refractivity contribution in [1.29, 1.82) is 0 Å². The predicted molar refractivity (Wildman–Crippen MR) is 88.3 cm³/mol. The molecule has 0 unspecified atom stereocenters. The number of carboxylic acid groups (broad SMARTS) is 1. The van der Waals surface area contributed by atoms with Gasteiger partial charge in [0.15, 0.2) is 0 Å². The fourth-order valence-corrected chi connectivity index (χ4v) is 3.51. The van der Waals surface area contributed by atoms with Crippen LogP contribution in [0.15, 0.2) is 4.52 Å². The van der Waals surface area contributed by atoms with E-state index in [1.165, 1.54) is 12.0 Å². The van der Waals surface area contributed by atoms with Gasteiger partial charge >= 0.3 is 12.1 Å². The average molecular weight is 394 g/mol. The number of aromatic nitrogens is 1. The SMILES string of the molecule is CO[C@H]1CO[C@@]2(CCCN(Cc3c(C)noc3C)C2)C1.O=C(O)C(F)(F)F.